The fraction of sp³-hybridized carbons (Fsp3) is 0. The molecule has 0 unspecified atom stereocenters. The van der Waals surface area contributed by atoms with Crippen LogP contribution in [0.4, 0.5) is 0 Å². The number of hydrogen-bond donors (Lipinski definition) is 0. The summed E-state index contributed by atoms with van der Waals surface area (Å²) >= 11 is 0. The lowest BCUT2D eigenvalue weighted by atomic mass is 10.1. The Kier molecular flexibility index (Phi) is 1.64. The van der Waals surface area contributed by atoms with Crippen LogP contribution in [0.1, 0.15) is 0 Å². The third kappa shape index (κ3) is 1.02. The summed E-state index contributed by atoms with van der Waals surface area (Å²) in [7, 11) is 0. The molecular weight excluding hydrogens is 272 g/mol. The first kappa shape index (κ1) is 10.6. The van der Waals surface area contributed by atoms with Gasteiger partial charge in [0.1, 0.15) is 5.52 Å². The van der Waals surface area contributed by atoms with Crippen LogP contribution in [-0.2, 0) is 0 Å². The smallest absolute Gasteiger partial charge is 0.182 e. The first-order chi connectivity index (χ1) is 10.9. The Morgan fingerprint density at radius 3 is 2.41 bits per heavy atom. The minimum atomic E-state index is 0.876. The van der Waals surface area contributed by atoms with Crippen molar-refractivity contribution in [3.63, 3.8) is 0 Å². The van der Waals surface area contributed by atoms with E-state index >= 15 is 0 Å². The summed E-state index contributed by atoms with van der Waals surface area (Å²) in [6.07, 6.45) is 1.54. The molecule has 3 heterocycles. The van der Waals surface area contributed by atoms with Gasteiger partial charge in [0, 0.05) is 16.2 Å². The van der Waals surface area contributed by atoms with Gasteiger partial charge in [0.15, 0.2) is 12.0 Å². The number of aromatic nitrogens is 2. The summed E-state index contributed by atoms with van der Waals surface area (Å²) in [5.74, 6) is 0. The molecule has 3 aromatic heterocycles. The minimum absolute atomic E-state index is 0.876. The quantitative estimate of drug-likeness (QED) is 0.393. The molecule has 0 spiro atoms. The highest BCUT2D eigenvalue weighted by molar-refractivity contribution is 6.29. The molecule has 0 N–H and O–H groups in total. The minimum Gasteiger partial charge on any atom is -0.443 e. The summed E-state index contributed by atoms with van der Waals surface area (Å²) in [5, 5.41) is 4.88. The van der Waals surface area contributed by atoms with Gasteiger partial charge in [0.25, 0.3) is 0 Å². The zero-order valence-electron chi connectivity index (χ0n) is 11.6. The van der Waals surface area contributed by atoms with Crippen molar-refractivity contribution in [1.82, 2.24) is 9.38 Å². The van der Waals surface area contributed by atoms with E-state index in [0.717, 1.165) is 16.5 Å². The van der Waals surface area contributed by atoms with E-state index in [0.29, 0.717) is 0 Å². The fourth-order valence-corrected chi connectivity index (χ4v) is 3.83. The van der Waals surface area contributed by atoms with Gasteiger partial charge in [-0.25, -0.2) is 4.98 Å². The lowest BCUT2D eigenvalue weighted by molar-refractivity contribution is 0.605. The van der Waals surface area contributed by atoms with E-state index in [1.807, 2.05) is 0 Å². The van der Waals surface area contributed by atoms with Crippen molar-refractivity contribution in [3.05, 3.63) is 61.0 Å². The number of hydrogen-bond acceptors (Lipinski definition) is 2. The summed E-state index contributed by atoms with van der Waals surface area (Å²) in [4.78, 5) is 4.38. The van der Waals surface area contributed by atoms with Crippen LogP contribution in [0.25, 0.3) is 49.2 Å². The number of nitrogens with zero attached hydrogens (tertiary/aromatic N) is 2. The van der Waals surface area contributed by atoms with Gasteiger partial charge in [-0.15, -0.1) is 0 Å². The normalized spacial score (nSPS) is 12.5. The molecule has 0 radical (unpaired) electrons. The summed E-state index contributed by atoms with van der Waals surface area (Å²) < 4.78 is 8.05. The molecule has 6 aromatic rings. The van der Waals surface area contributed by atoms with Gasteiger partial charge in [-0.3, -0.25) is 0 Å². The molecule has 0 fully saturated rings. The zero-order chi connectivity index (χ0) is 14.3. The van der Waals surface area contributed by atoms with Crippen molar-refractivity contribution in [1.29, 1.82) is 0 Å². The van der Waals surface area contributed by atoms with Crippen molar-refractivity contribution in [3.8, 4) is 0 Å². The van der Waals surface area contributed by atoms with Crippen LogP contribution >= 0.6 is 0 Å². The number of fused-ring (bicyclic) bond motifs is 8. The van der Waals surface area contributed by atoms with E-state index in [1.54, 1.807) is 0 Å². The second-order valence-corrected chi connectivity index (χ2v) is 5.72. The van der Waals surface area contributed by atoms with Crippen molar-refractivity contribution >= 4 is 49.2 Å². The Labute approximate surface area is 124 Å². The van der Waals surface area contributed by atoms with Crippen LogP contribution in [0, 0.1) is 0 Å². The number of oxazole rings is 1. The van der Waals surface area contributed by atoms with E-state index in [9.17, 15) is 0 Å². The van der Waals surface area contributed by atoms with E-state index in [-0.39, 0.29) is 0 Å². The van der Waals surface area contributed by atoms with E-state index in [1.165, 1.54) is 39.1 Å². The Bertz CT molecular complexity index is 1320. The van der Waals surface area contributed by atoms with Crippen LogP contribution < -0.4 is 0 Å². The van der Waals surface area contributed by atoms with E-state index in [4.69, 9.17) is 4.42 Å². The van der Waals surface area contributed by atoms with Crippen LogP contribution in [0.15, 0.2) is 65.4 Å². The highest BCUT2D eigenvalue weighted by Crippen LogP contribution is 2.42. The molecule has 3 heteroatoms. The van der Waals surface area contributed by atoms with Crippen LogP contribution in [0.3, 0.4) is 0 Å². The third-order valence-corrected chi connectivity index (χ3v) is 4.67. The van der Waals surface area contributed by atoms with E-state index in [2.05, 4.69) is 64.0 Å². The van der Waals surface area contributed by atoms with Gasteiger partial charge < -0.3 is 8.82 Å². The Morgan fingerprint density at radius 2 is 1.55 bits per heavy atom. The molecule has 3 aromatic carbocycles. The molecule has 22 heavy (non-hydrogen) atoms. The molecule has 0 saturated heterocycles. The van der Waals surface area contributed by atoms with Gasteiger partial charge in [0.05, 0.1) is 21.9 Å². The Balaban J connectivity index is 2.17. The van der Waals surface area contributed by atoms with Crippen LogP contribution in [0.2, 0.25) is 0 Å². The largest absolute Gasteiger partial charge is 0.443 e. The Morgan fingerprint density at radius 1 is 0.818 bits per heavy atom. The lowest BCUT2D eigenvalue weighted by Crippen LogP contribution is -1.78. The molecule has 102 valence electrons. The van der Waals surface area contributed by atoms with Gasteiger partial charge in [-0.05, 0) is 18.2 Å². The van der Waals surface area contributed by atoms with Crippen molar-refractivity contribution in [2.24, 2.45) is 0 Å². The second kappa shape index (κ2) is 3.39. The molecule has 0 atom stereocenters. The maximum Gasteiger partial charge on any atom is 0.182 e. The van der Waals surface area contributed by atoms with Crippen LogP contribution in [-0.4, -0.2) is 9.38 Å². The SMILES string of the molecule is c1ccc2c(c1)c1cc3ncoc3c3c4ccccc4n2c13. The molecule has 0 aliphatic heterocycles. The predicted molar refractivity (Wildman–Crippen MR) is 88.7 cm³/mol. The molecule has 3 nitrogen and oxygen atoms in total. The number of para-hydroxylation sites is 2. The average Bonchev–Trinajstić information content (AvgIpc) is 3.23. The molecule has 0 aliphatic rings. The first-order valence-corrected chi connectivity index (χ1v) is 7.32. The summed E-state index contributed by atoms with van der Waals surface area (Å²) in [5.41, 5.74) is 5.47. The topological polar surface area (TPSA) is 30.4 Å². The van der Waals surface area contributed by atoms with Crippen molar-refractivity contribution < 1.29 is 4.42 Å². The molecule has 0 saturated carbocycles. The highest BCUT2D eigenvalue weighted by atomic mass is 16.3. The van der Waals surface area contributed by atoms with Crippen molar-refractivity contribution in [2.45, 2.75) is 0 Å². The van der Waals surface area contributed by atoms with Crippen LogP contribution in [0.5, 0.6) is 0 Å². The first-order valence-electron chi connectivity index (χ1n) is 7.32. The maximum absolute atomic E-state index is 5.71. The summed E-state index contributed by atoms with van der Waals surface area (Å²) in [6.45, 7) is 0. The van der Waals surface area contributed by atoms with Gasteiger partial charge in [-0.1, -0.05) is 36.4 Å². The standard InChI is InChI=1S/C19H10N2O/c1-3-7-15-11(5-1)13-9-14-19(22-10-20-14)17-12-6-2-4-8-16(12)21(15)18(13)17/h1-10H. The maximum atomic E-state index is 5.71. The molecule has 0 amide bonds. The van der Waals surface area contributed by atoms with Gasteiger partial charge in [0.2, 0.25) is 0 Å². The third-order valence-electron chi connectivity index (χ3n) is 4.67. The number of benzene rings is 3. The molecular formula is C19H10N2O. The molecule has 0 aliphatic carbocycles. The van der Waals surface area contributed by atoms with E-state index < -0.39 is 0 Å². The van der Waals surface area contributed by atoms with Crippen molar-refractivity contribution in [2.75, 3.05) is 0 Å². The Hall–Kier alpha value is -3.07. The second-order valence-electron chi connectivity index (χ2n) is 5.72. The predicted octanol–water partition coefficient (Wildman–Crippen LogP) is 4.98. The molecule has 0 bridgehead atoms. The number of rotatable bonds is 0. The van der Waals surface area contributed by atoms with Gasteiger partial charge in [-0.2, -0.15) is 0 Å². The fourth-order valence-electron chi connectivity index (χ4n) is 3.83. The summed E-state index contributed by atoms with van der Waals surface area (Å²) in [6, 6.07) is 19.2. The zero-order valence-corrected chi connectivity index (χ0v) is 11.6. The van der Waals surface area contributed by atoms with Gasteiger partial charge >= 0.3 is 0 Å². The average molecular weight is 282 g/mol. The lowest BCUT2D eigenvalue weighted by Gasteiger charge is -1.96. The highest BCUT2D eigenvalue weighted by Gasteiger charge is 2.20. The monoisotopic (exact) mass is 282 g/mol. The molecule has 6 rings (SSSR count).